The molecule has 1 saturated heterocycles. The van der Waals surface area contributed by atoms with Gasteiger partial charge in [-0.1, -0.05) is 0 Å². The molecule has 0 radical (unpaired) electrons. The smallest absolute Gasteiger partial charge is 0.0436 e. The summed E-state index contributed by atoms with van der Waals surface area (Å²) in [5.74, 6) is 1.08. The Kier molecular flexibility index (Phi) is 2.10. The first-order valence-electron chi connectivity index (χ1n) is 3.69. The van der Waals surface area contributed by atoms with Gasteiger partial charge in [-0.05, 0) is 17.7 Å². The van der Waals surface area contributed by atoms with Crippen LogP contribution in [0.25, 0.3) is 0 Å². The van der Waals surface area contributed by atoms with Gasteiger partial charge >= 0.3 is 0 Å². The summed E-state index contributed by atoms with van der Waals surface area (Å²) in [6.07, 6.45) is 3.71. The van der Waals surface area contributed by atoms with E-state index in [4.69, 9.17) is 0 Å². The normalized spacial score (nSPS) is 23.8. The minimum absolute atomic E-state index is 0.637. The van der Waals surface area contributed by atoms with Crippen LogP contribution in [0.3, 0.4) is 0 Å². The van der Waals surface area contributed by atoms with Crippen molar-refractivity contribution in [1.29, 1.82) is 0 Å². The largest absolute Gasteiger partial charge is 0.306 e. The SMILES string of the molecule is c1cc(C2CNCS2)ccn1. The molecule has 0 saturated carbocycles. The van der Waals surface area contributed by atoms with Crippen molar-refractivity contribution in [3.05, 3.63) is 30.1 Å². The Morgan fingerprint density at radius 2 is 2.27 bits per heavy atom. The summed E-state index contributed by atoms with van der Waals surface area (Å²) in [5, 5.41) is 3.95. The van der Waals surface area contributed by atoms with E-state index in [1.807, 2.05) is 24.2 Å². The molecule has 1 aliphatic rings. The second-order valence-electron chi connectivity index (χ2n) is 2.53. The van der Waals surface area contributed by atoms with E-state index in [2.05, 4.69) is 22.4 Å². The second kappa shape index (κ2) is 3.24. The van der Waals surface area contributed by atoms with Crippen molar-refractivity contribution >= 4 is 11.8 Å². The number of rotatable bonds is 1. The predicted molar refractivity (Wildman–Crippen MR) is 47.4 cm³/mol. The highest BCUT2D eigenvalue weighted by atomic mass is 32.2. The van der Waals surface area contributed by atoms with Crippen molar-refractivity contribution in [1.82, 2.24) is 10.3 Å². The second-order valence-corrected chi connectivity index (χ2v) is 3.73. The lowest BCUT2D eigenvalue weighted by Crippen LogP contribution is -2.07. The minimum atomic E-state index is 0.637. The third kappa shape index (κ3) is 1.54. The number of thioether (sulfide) groups is 1. The average Bonchev–Trinajstić information content (AvgIpc) is 2.58. The number of hydrogen-bond acceptors (Lipinski definition) is 3. The molecule has 1 aromatic heterocycles. The van der Waals surface area contributed by atoms with Crippen LogP contribution in [0.2, 0.25) is 0 Å². The van der Waals surface area contributed by atoms with Gasteiger partial charge in [0.05, 0.1) is 0 Å². The molecule has 1 atom stereocenters. The molecule has 2 rings (SSSR count). The molecule has 0 amide bonds. The zero-order chi connectivity index (χ0) is 7.52. The lowest BCUT2D eigenvalue weighted by Gasteiger charge is -2.05. The van der Waals surface area contributed by atoms with Gasteiger partial charge in [-0.25, -0.2) is 0 Å². The molecule has 1 unspecified atom stereocenters. The first-order chi connectivity index (χ1) is 5.47. The Balaban J connectivity index is 2.16. The molecule has 1 fully saturated rings. The number of hydrogen-bond donors (Lipinski definition) is 1. The van der Waals surface area contributed by atoms with Gasteiger partial charge in [0, 0.05) is 30.1 Å². The fourth-order valence-corrected chi connectivity index (χ4v) is 2.22. The molecule has 3 heteroatoms. The summed E-state index contributed by atoms with van der Waals surface area (Å²) in [5.41, 5.74) is 1.38. The molecule has 0 spiro atoms. The van der Waals surface area contributed by atoms with Gasteiger partial charge in [-0.2, -0.15) is 0 Å². The van der Waals surface area contributed by atoms with Crippen molar-refractivity contribution in [3.63, 3.8) is 0 Å². The molecule has 0 bridgehead atoms. The van der Waals surface area contributed by atoms with E-state index < -0.39 is 0 Å². The molecular formula is C8H10N2S. The standard InChI is InChI=1S/C8H10N2S/c1-3-9-4-2-7(1)8-5-10-6-11-8/h1-4,8,10H,5-6H2. The first-order valence-corrected chi connectivity index (χ1v) is 4.74. The van der Waals surface area contributed by atoms with Crippen LogP contribution in [0, 0.1) is 0 Å². The molecule has 2 heterocycles. The van der Waals surface area contributed by atoms with E-state index in [-0.39, 0.29) is 0 Å². The predicted octanol–water partition coefficient (Wildman–Crippen LogP) is 1.42. The van der Waals surface area contributed by atoms with Gasteiger partial charge in [0.1, 0.15) is 0 Å². The van der Waals surface area contributed by atoms with Gasteiger partial charge in [-0.3, -0.25) is 4.98 Å². The van der Waals surface area contributed by atoms with Crippen LogP contribution in [-0.4, -0.2) is 17.4 Å². The van der Waals surface area contributed by atoms with Gasteiger partial charge in [0.25, 0.3) is 0 Å². The summed E-state index contributed by atoms with van der Waals surface area (Å²) >= 11 is 1.96. The zero-order valence-corrected chi connectivity index (χ0v) is 6.97. The van der Waals surface area contributed by atoms with Crippen molar-refractivity contribution < 1.29 is 0 Å². The molecule has 58 valence electrons. The monoisotopic (exact) mass is 166 g/mol. The summed E-state index contributed by atoms with van der Waals surface area (Å²) in [6, 6.07) is 4.18. The lowest BCUT2D eigenvalue weighted by molar-refractivity contribution is 0.806. The summed E-state index contributed by atoms with van der Waals surface area (Å²) < 4.78 is 0. The topological polar surface area (TPSA) is 24.9 Å². The van der Waals surface area contributed by atoms with Crippen molar-refractivity contribution in [2.24, 2.45) is 0 Å². The third-order valence-electron chi connectivity index (χ3n) is 1.79. The molecule has 11 heavy (non-hydrogen) atoms. The molecule has 0 aliphatic carbocycles. The van der Waals surface area contributed by atoms with Crippen molar-refractivity contribution in [2.75, 3.05) is 12.4 Å². The number of aromatic nitrogens is 1. The van der Waals surface area contributed by atoms with Crippen molar-refractivity contribution in [3.8, 4) is 0 Å². The highest BCUT2D eigenvalue weighted by Gasteiger charge is 2.15. The van der Waals surface area contributed by atoms with E-state index in [1.54, 1.807) is 0 Å². The maximum atomic E-state index is 3.99. The van der Waals surface area contributed by atoms with Gasteiger partial charge in [-0.15, -0.1) is 11.8 Å². The van der Waals surface area contributed by atoms with Gasteiger partial charge < -0.3 is 5.32 Å². The minimum Gasteiger partial charge on any atom is -0.306 e. The van der Waals surface area contributed by atoms with Crippen LogP contribution in [0.15, 0.2) is 24.5 Å². The van der Waals surface area contributed by atoms with Crippen LogP contribution in [0.5, 0.6) is 0 Å². The van der Waals surface area contributed by atoms with E-state index in [1.165, 1.54) is 5.56 Å². The van der Waals surface area contributed by atoms with Crippen LogP contribution in [-0.2, 0) is 0 Å². The van der Waals surface area contributed by atoms with Crippen molar-refractivity contribution in [2.45, 2.75) is 5.25 Å². The van der Waals surface area contributed by atoms with E-state index in [0.717, 1.165) is 12.4 Å². The van der Waals surface area contributed by atoms with Crippen LogP contribution < -0.4 is 5.32 Å². The number of nitrogens with one attached hydrogen (secondary N) is 1. The number of pyridine rings is 1. The van der Waals surface area contributed by atoms with Crippen LogP contribution in [0.1, 0.15) is 10.8 Å². The highest BCUT2D eigenvalue weighted by molar-refractivity contribution is 7.99. The highest BCUT2D eigenvalue weighted by Crippen LogP contribution is 2.30. The Hall–Kier alpha value is -0.540. The van der Waals surface area contributed by atoms with Gasteiger partial charge in [0.2, 0.25) is 0 Å². The first kappa shape index (κ1) is 7.13. The van der Waals surface area contributed by atoms with E-state index in [9.17, 15) is 0 Å². The van der Waals surface area contributed by atoms with Gasteiger partial charge in [0.15, 0.2) is 0 Å². The molecule has 1 N–H and O–H groups in total. The third-order valence-corrected chi connectivity index (χ3v) is 3.01. The Bertz CT molecular complexity index is 219. The number of nitrogens with zero attached hydrogens (tertiary/aromatic N) is 1. The lowest BCUT2D eigenvalue weighted by atomic mass is 10.2. The fourth-order valence-electron chi connectivity index (χ4n) is 1.20. The summed E-state index contributed by atoms with van der Waals surface area (Å²) in [4.78, 5) is 3.99. The fraction of sp³-hybridized carbons (Fsp3) is 0.375. The Morgan fingerprint density at radius 1 is 1.45 bits per heavy atom. The summed E-state index contributed by atoms with van der Waals surface area (Å²) in [7, 11) is 0. The quantitative estimate of drug-likeness (QED) is 0.683. The van der Waals surface area contributed by atoms with Crippen LogP contribution in [0.4, 0.5) is 0 Å². The molecule has 1 aliphatic heterocycles. The molecule has 1 aromatic rings. The summed E-state index contributed by atoms with van der Waals surface area (Å²) in [6.45, 7) is 1.09. The maximum Gasteiger partial charge on any atom is 0.0436 e. The zero-order valence-electron chi connectivity index (χ0n) is 6.16. The maximum absolute atomic E-state index is 3.99. The van der Waals surface area contributed by atoms with Crippen LogP contribution >= 0.6 is 11.8 Å². The average molecular weight is 166 g/mol. The van der Waals surface area contributed by atoms with E-state index >= 15 is 0 Å². The molecule has 2 nitrogen and oxygen atoms in total. The molecule has 0 aromatic carbocycles. The molecular weight excluding hydrogens is 156 g/mol. The Morgan fingerprint density at radius 3 is 2.91 bits per heavy atom. The Labute approximate surface area is 70.4 Å². The van der Waals surface area contributed by atoms with E-state index in [0.29, 0.717) is 5.25 Å².